The van der Waals surface area contributed by atoms with Crippen molar-refractivity contribution in [3.8, 4) is 5.75 Å². The SMILES string of the molecule is COc1c(C(=O)NCCNC2CCCCC2)ccc2ccccc12.Cl. The van der Waals surface area contributed by atoms with Gasteiger partial charge < -0.3 is 15.4 Å². The second-order valence-corrected chi connectivity index (χ2v) is 6.41. The number of amides is 1. The predicted octanol–water partition coefficient (Wildman–Crippen LogP) is 3.92. The van der Waals surface area contributed by atoms with Gasteiger partial charge in [-0.15, -0.1) is 12.4 Å². The van der Waals surface area contributed by atoms with Gasteiger partial charge in [0.1, 0.15) is 5.75 Å². The molecule has 0 atom stereocenters. The van der Waals surface area contributed by atoms with Gasteiger partial charge in [0, 0.05) is 24.5 Å². The van der Waals surface area contributed by atoms with Gasteiger partial charge in [0.05, 0.1) is 12.7 Å². The van der Waals surface area contributed by atoms with Crippen LogP contribution in [0.4, 0.5) is 0 Å². The number of carbonyl (C=O) groups is 1. The standard InChI is InChI=1S/C20H26N2O2.ClH/c1-24-19-17-10-6-5-7-15(17)11-12-18(19)20(23)22-14-13-21-16-8-3-2-4-9-16;/h5-7,10-12,16,21H,2-4,8-9,13-14H2,1H3,(H,22,23);1H. The summed E-state index contributed by atoms with van der Waals surface area (Å²) in [4.78, 5) is 12.5. The summed E-state index contributed by atoms with van der Waals surface area (Å²) in [5.41, 5.74) is 0.592. The first-order valence-electron chi connectivity index (χ1n) is 8.87. The zero-order valence-electron chi connectivity index (χ0n) is 14.7. The van der Waals surface area contributed by atoms with Crippen LogP contribution in [-0.4, -0.2) is 32.1 Å². The van der Waals surface area contributed by atoms with Crippen molar-refractivity contribution in [1.82, 2.24) is 10.6 Å². The molecule has 0 aliphatic heterocycles. The zero-order valence-corrected chi connectivity index (χ0v) is 15.5. The first-order valence-corrected chi connectivity index (χ1v) is 8.87. The van der Waals surface area contributed by atoms with Crippen molar-refractivity contribution >= 4 is 29.1 Å². The van der Waals surface area contributed by atoms with Crippen LogP contribution in [0.2, 0.25) is 0 Å². The maximum atomic E-state index is 12.5. The molecule has 0 aromatic heterocycles. The summed E-state index contributed by atoms with van der Waals surface area (Å²) in [5, 5.41) is 8.58. The highest BCUT2D eigenvalue weighted by molar-refractivity contribution is 6.03. The Bertz CT molecular complexity index is 699. The first kappa shape index (κ1) is 19.5. The summed E-state index contributed by atoms with van der Waals surface area (Å²) >= 11 is 0. The average molecular weight is 363 g/mol. The van der Waals surface area contributed by atoms with Crippen molar-refractivity contribution in [3.05, 3.63) is 42.0 Å². The number of benzene rings is 2. The molecule has 1 aliphatic rings. The fraction of sp³-hybridized carbons (Fsp3) is 0.450. The van der Waals surface area contributed by atoms with E-state index in [0.717, 1.165) is 17.3 Å². The van der Waals surface area contributed by atoms with Gasteiger partial charge in [-0.2, -0.15) is 0 Å². The number of nitrogens with one attached hydrogen (secondary N) is 2. The summed E-state index contributed by atoms with van der Waals surface area (Å²) in [6.07, 6.45) is 6.51. The van der Waals surface area contributed by atoms with Gasteiger partial charge in [0.15, 0.2) is 0 Å². The molecule has 2 N–H and O–H groups in total. The maximum Gasteiger partial charge on any atom is 0.255 e. The molecular formula is C20H27ClN2O2. The molecule has 1 fully saturated rings. The van der Waals surface area contributed by atoms with Gasteiger partial charge in [0.2, 0.25) is 0 Å². The Labute approximate surface area is 155 Å². The molecule has 0 saturated heterocycles. The van der Waals surface area contributed by atoms with Gasteiger partial charge in [-0.1, -0.05) is 49.6 Å². The lowest BCUT2D eigenvalue weighted by molar-refractivity contribution is 0.0950. The topological polar surface area (TPSA) is 50.4 Å². The minimum absolute atomic E-state index is 0. The molecule has 0 spiro atoms. The average Bonchev–Trinajstić information content (AvgIpc) is 2.65. The normalized spacial score (nSPS) is 14.8. The second kappa shape index (κ2) is 9.64. The molecule has 0 heterocycles. The number of methoxy groups -OCH3 is 1. The van der Waals surface area contributed by atoms with Crippen molar-refractivity contribution in [2.24, 2.45) is 0 Å². The Morgan fingerprint density at radius 1 is 1.08 bits per heavy atom. The van der Waals surface area contributed by atoms with Crippen molar-refractivity contribution in [2.75, 3.05) is 20.2 Å². The number of fused-ring (bicyclic) bond motifs is 1. The Morgan fingerprint density at radius 2 is 1.84 bits per heavy atom. The fourth-order valence-corrected chi connectivity index (χ4v) is 3.50. The number of hydrogen-bond acceptors (Lipinski definition) is 3. The van der Waals surface area contributed by atoms with E-state index in [-0.39, 0.29) is 18.3 Å². The molecule has 1 amide bonds. The number of hydrogen-bond donors (Lipinski definition) is 2. The predicted molar refractivity (Wildman–Crippen MR) is 105 cm³/mol. The summed E-state index contributed by atoms with van der Waals surface area (Å²) in [7, 11) is 1.61. The van der Waals surface area contributed by atoms with E-state index in [1.54, 1.807) is 7.11 Å². The number of rotatable bonds is 6. The van der Waals surface area contributed by atoms with Crippen LogP contribution in [0.5, 0.6) is 5.75 Å². The molecule has 2 aromatic rings. The molecule has 1 saturated carbocycles. The minimum Gasteiger partial charge on any atom is -0.495 e. The number of ether oxygens (including phenoxy) is 1. The largest absolute Gasteiger partial charge is 0.495 e. The molecule has 1 aliphatic carbocycles. The lowest BCUT2D eigenvalue weighted by Gasteiger charge is -2.22. The van der Waals surface area contributed by atoms with E-state index < -0.39 is 0 Å². The van der Waals surface area contributed by atoms with Crippen LogP contribution in [0.15, 0.2) is 36.4 Å². The van der Waals surface area contributed by atoms with Crippen molar-refractivity contribution < 1.29 is 9.53 Å². The highest BCUT2D eigenvalue weighted by Crippen LogP contribution is 2.29. The molecule has 4 nitrogen and oxygen atoms in total. The molecule has 0 radical (unpaired) electrons. The lowest BCUT2D eigenvalue weighted by atomic mass is 9.95. The monoisotopic (exact) mass is 362 g/mol. The highest BCUT2D eigenvalue weighted by atomic mass is 35.5. The van der Waals surface area contributed by atoms with Crippen LogP contribution in [0.25, 0.3) is 10.8 Å². The van der Waals surface area contributed by atoms with Crippen LogP contribution < -0.4 is 15.4 Å². The highest BCUT2D eigenvalue weighted by Gasteiger charge is 2.15. The van der Waals surface area contributed by atoms with Crippen LogP contribution in [-0.2, 0) is 0 Å². The van der Waals surface area contributed by atoms with Gasteiger partial charge in [-0.25, -0.2) is 0 Å². The summed E-state index contributed by atoms with van der Waals surface area (Å²) in [6.45, 7) is 1.44. The maximum absolute atomic E-state index is 12.5. The van der Waals surface area contributed by atoms with E-state index >= 15 is 0 Å². The smallest absolute Gasteiger partial charge is 0.255 e. The Morgan fingerprint density at radius 3 is 2.60 bits per heavy atom. The number of halogens is 1. The van der Waals surface area contributed by atoms with Gasteiger partial charge in [0.25, 0.3) is 5.91 Å². The molecule has 3 rings (SSSR count). The van der Waals surface area contributed by atoms with E-state index in [1.165, 1.54) is 32.1 Å². The van der Waals surface area contributed by atoms with Gasteiger partial charge in [-0.3, -0.25) is 4.79 Å². The fourth-order valence-electron chi connectivity index (χ4n) is 3.50. The van der Waals surface area contributed by atoms with Crippen molar-refractivity contribution in [1.29, 1.82) is 0 Å². The third-order valence-corrected chi connectivity index (χ3v) is 4.78. The van der Waals surface area contributed by atoms with E-state index in [0.29, 0.717) is 23.9 Å². The lowest BCUT2D eigenvalue weighted by Crippen LogP contribution is -2.38. The molecular weight excluding hydrogens is 336 g/mol. The van der Waals surface area contributed by atoms with E-state index in [2.05, 4.69) is 10.6 Å². The first-order chi connectivity index (χ1) is 11.8. The molecule has 0 unspecified atom stereocenters. The molecule has 136 valence electrons. The third-order valence-electron chi connectivity index (χ3n) is 4.78. The zero-order chi connectivity index (χ0) is 16.8. The van der Waals surface area contributed by atoms with E-state index in [1.807, 2.05) is 36.4 Å². The van der Waals surface area contributed by atoms with Crippen LogP contribution in [0, 0.1) is 0 Å². The molecule has 5 heteroatoms. The third kappa shape index (κ3) is 4.86. The second-order valence-electron chi connectivity index (χ2n) is 6.41. The summed E-state index contributed by atoms with van der Waals surface area (Å²) in [5.74, 6) is 0.564. The van der Waals surface area contributed by atoms with E-state index in [4.69, 9.17) is 4.74 Å². The van der Waals surface area contributed by atoms with Crippen LogP contribution in [0.1, 0.15) is 42.5 Å². The van der Waals surface area contributed by atoms with Crippen LogP contribution >= 0.6 is 12.4 Å². The van der Waals surface area contributed by atoms with Crippen LogP contribution in [0.3, 0.4) is 0 Å². The van der Waals surface area contributed by atoms with E-state index in [9.17, 15) is 4.79 Å². The van der Waals surface area contributed by atoms with Gasteiger partial charge in [-0.05, 0) is 24.3 Å². The Balaban J connectivity index is 0.00000225. The molecule has 2 aromatic carbocycles. The summed E-state index contributed by atoms with van der Waals surface area (Å²) in [6, 6.07) is 12.4. The number of carbonyl (C=O) groups excluding carboxylic acids is 1. The molecule has 25 heavy (non-hydrogen) atoms. The minimum atomic E-state index is -0.0805. The van der Waals surface area contributed by atoms with Crippen molar-refractivity contribution in [2.45, 2.75) is 38.1 Å². The quantitative estimate of drug-likeness (QED) is 0.766. The van der Waals surface area contributed by atoms with Gasteiger partial charge >= 0.3 is 0 Å². The summed E-state index contributed by atoms with van der Waals surface area (Å²) < 4.78 is 5.50. The van der Waals surface area contributed by atoms with Crippen molar-refractivity contribution in [3.63, 3.8) is 0 Å². The Kier molecular flexibility index (Phi) is 7.53. The molecule has 0 bridgehead atoms. The Hall–Kier alpha value is -1.78.